The number of benzene rings is 2. The van der Waals surface area contributed by atoms with Gasteiger partial charge < -0.3 is 9.47 Å². The number of aryl methyl sites for hydroxylation is 1. The van der Waals surface area contributed by atoms with Crippen LogP contribution in [0.15, 0.2) is 40.9 Å². The smallest absolute Gasteiger partial charge is 0.310 e. The summed E-state index contributed by atoms with van der Waals surface area (Å²) >= 11 is 9.67. The van der Waals surface area contributed by atoms with Crippen molar-refractivity contribution < 1.29 is 14.3 Å². The van der Waals surface area contributed by atoms with Gasteiger partial charge in [0.1, 0.15) is 18.1 Å². The van der Waals surface area contributed by atoms with Gasteiger partial charge in [0, 0.05) is 6.42 Å². The number of hydrogen-bond acceptors (Lipinski definition) is 3. The van der Waals surface area contributed by atoms with Gasteiger partial charge in [-0.15, -0.1) is 0 Å². The largest absolute Gasteiger partial charge is 0.488 e. The summed E-state index contributed by atoms with van der Waals surface area (Å²) < 4.78 is 12.0. The Morgan fingerprint density at radius 3 is 2.68 bits per heavy atom. The van der Waals surface area contributed by atoms with E-state index in [1.165, 1.54) is 0 Å². The van der Waals surface area contributed by atoms with E-state index in [1.54, 1.807) is 25.1 Å². The Hall–Kier alpha value is -1.52. The van der Waals surface area contributed by atoms with E-state index < -0.39 is 0 Å². The Labute approximate surface area is 143 Å². The van der Waals surface area contributed by atoms with Crippen LogP contribution in [0.5, 0.6) is 11.5 Å². The molecule has 0 unspecified atom stereocenters. The second-order valence-corrected chi connectivity index (χ2v) is 6.03. The van der Waals surface area contributed by atoms with Crippen molar-refractivity contribution in [1.29, 1.82) is 0 Å². The van der Waals surface area contributed by atoms with E-state index in [0.717, 1.165) is 10.0 Å². The third kappa shape index (κ3) is 4.24. The van der Waals surface area contributed by atoms with Gasteiger partial charge in [0.25, 0.3) is 0 Å². The first-order chi connectivity index (χ1) is 10.5. The first-order valence-corrected chi connectivity index (χ1v) is 8.05. The van der Waals surface area contributed by atoms with Gasteiger partial charge in [-0.2, -0.15) is 0 Å². The van der Waals surface area contributed by atoms with E-state index in [1.807, 2.05) is 25.1 Å². The molecule has 0 atom stereocenters. The summed E-state index contributed by atoms with van der Waals surface area (Å²) in [6.07, 6.45) is 0.302. The maximum Gasteiger partial charge on any atom is 0.310 e. The van der Waals surface area contributed by atoms with E-state index >= 15 is 0 Å². The lowest BCUT2D eigenvalue weighted by Crippen LogP contribution is -2.09. The lowest BCUT2D eigenvalue weighted by molar-refractivity contribution is -0.134. The molecule has 0 aromatic heterocycles. The van der Waals surface area contributed by atoms with Gasteiger partial charge in [0.2, 0.25) is 0 Å². The van der Waals surface area contributed by atoms with Crippen molar-refractivity contribution in [3.63, 3.8) is 0 Å². The summed E-state index contributed by atoms with van der Waals surface area (Å²) in [5.41, 5.74) is 1.79. The Bertz CT molecular complexity index is 686. The Morgan fingerprint density at radius 2 is 2.00 bits per heavy atom. The van der Waals surface area contributed by atoms with Crippen LogP contribution >= 0.6 is 27.5 Å². The lowest BCUT2D eigenvalue weighted by atomic mass is 10.2. The highest BCUT2D eigenvalue weighted by atomic mass is 79.9. The van der Waals surface area contributed by atoms with E-state index in [4.69, 9.17) is 21.1 Å². The van der Waals surface area contributed by atoms with Crippen LogP contribution in [-0.2, 0) is 11.4 Å². The first kappa shape index (κ1) is 16.8. The van der Waals surface area contributed by atoms with Crippen LogP contribution in [0.4, 0.5) is 0 Å². The van der Waals surface area contributed by atoms with E-state index in [2.05, 4.69) is 15.9 Å². The van der Waals surface area contributed by atoms with Gasteiger partial charge in [-0.3, -0.25) is 4.79 Å². The monoisotopic (exact) mass is 382 g/mol. The minimum absolute atomic E-state index is 0.216. The van der Waals surface area contributed by atoms with Gasteiger partial charge in [0.15, 0.2) is 0 Å². The Kier molecular flexibility index (Phi) is 5.86. The molecule has 0 radical (unpaired) electrons. The number of halogens is 2. The highest BCUT2D eigenvalue weighted by molar-refractivity contribution is 9.10. The second kappa shape index (κ2) is 7.65. The van der Waals surface area contributed by atoms with Crippen LogP contribution in [0.25, 0.3) is 0 Å². The molecule has 2 aromatic rings. The van der Waals surface area contributed by atoms with E-state index in [-0.39, 0.29) is 12.6 Å². The number of ether oxygens (including phenoxy) is 2. The van der Waals surface area contributed by atoms with Gasteiger partial charge >= 0.3 is 5.97 Å². The second-order valence-electron chi connectivity index (χ2n) is 4.77. The fourth-order valence-corrected chi connectivity index (χ4v) is 2.67. The summed E-state index contributed by atoms with van der Waals surface area (Å²) in [4.78, 5) is 11.5. The molecule has 0 aliphatic rings. The molecule has 0 saturated carbocycles. The van der Waals surface area contributed by atoms with Crippen LogP contribution in [0.2, 0.25) is 5.02 Å². The molecule has 0 fully saturated rings. The van der Waals surface area contributed by atoms with Crippen molar-refractivity contribution in [2.75, 3.05) is 0 Å². The van der Waals surface area contributed by atoms with Crippen molar-refractivity contribution in [3.05, 3.63) is 57.0 Å². The minimum Gasteiger partial charge on any atom is -0.488 e. The van der Waals surface area contributed by atoms with Crippen molar-refractivity contribution in [3.8, 4) is 11.5 Å². The fourth-order valence-electron chi connectivity index (χ4n) is 1.84. The average molecular weight is 384 g/mol. The summed E-state index contributed by atoms with van der Waals surface area (Å²) in [6.45, 7) is 3.96. The zero-order valence-corrected chi connectivity index (χ0v) is 14.7. The molecule has 5 heteroatoms. The van der Waals surface area contributed by atoms with Gasteiger partial charge in [-0.05, 0) is 52.7 Å². The number of carbonyl (C=O) groups is 1. The molecule has 0 N–H and O–H groups in total. The minimum atomic E-state index is -0.306. The number of carbonyl (C=O) groups excluding carboxylic acids is 1. The Morgan fingerprint density at radius 1 is 1.23 bits per heavy atom. The zero-order chi connectivity index (χ0) is 16.1. The quantitative estimate of drug-likeness (QED) is 0.519. The van der Waals surface area contributed by atoms with Gasteiger partial charge in [0.05, 0.1) is 15.1 Å². The van der Waals surface area contributed by atoms with Crippen molar-refractivity contribution in [1.82, 2.24) is 0 Å². The van der Waals surface area contributed by atoms with Crippen LogP contribution in [0.3, 0.4) is 0 Å². The number of hydrogen-bond donors (Lipinski definition) is 0. The maximum atomic E-state index is 11.5. The van der Waals surface area contributed by atoms with E-state index in [0.29, 0.717) is 28.5 Å². The third-order valence-electron chi connectivity index (χ3n) is 3.05. The summed E-state index contributed by atoms with van der Waals surface area (Å²) in [6, 6.07) is 11.0. The van der Waals surface area contributed by atoms with Crippen molar-refractivity contribution in [2.24, 2.45) is 0 Å². The molecule has 0 spiro atoms. The highest BCUT2D eigenvalue weighted by Gasteiger charge is 2.13. The van der Waals surface area contributed by atoms with Gasteiger partial charge in [-0.1, -0.05) is 30.7 Å². The zero-order valence-electron chi connectivity index (χ0n) is 12.4. The molecule has 0 aliphatic heterocycles. The molecule has 0 heterocycles. The predicted molar refractivity (Wildman–Crippen MR) is 90.6 cm³/mol. The summed E-state index contributed by atoms with van der Waals surface area (Å²) in [7, 11) is 0. The molecule has 2 aromatic carbocycles. The van der Waals surface area contributed by atoms with Crippen LogP contribution in [-0.4, -0.2) is 5.97 Å². The summed E-state index contributed by atoms with van der Waals surface area (Å²) in [5.74, 6) is 0.834. The molecule has 0 aliphatic carbocycles. The number of rotatable bonds is 5. The predicted octanol–water partition coefficient (Wildman–Crippen LogP) is 5.31. The van der Waals surface area contributed by atoms with Crippen LogP contribution in [0.1, 0.15) is 24.5 Å². The topological polar surface area (TPSA) is 35.5 Å². The van der Waals surface area contributed by atoms with E-state index in [9.17, 15) is 4.79 Å². The molecular weight excluding hydrogens is 368 g/mol. The normalized spacial score (nSPS) is 10.4. The first-order valence-electron chi connectivity index (χ1n) is 6.88. The standard InChI is InChI=1S/C17H16BrClO3/c1-3-17(20)22-15-6-4-5-14(19)12(15)10-21-16-8-7-11(2)9-13(16)18/h4-9H,3,10H2,1-2H3. The highest BCUT2D eigenvalue weighted by Crippen LogP contribution is 2.31. The average Bonchev–Trinajstić information content (AvgIpc) is 2.48. The lowest BCUT2D eigenvalue weighted by Gasteiger charge is -2.13. The Balaban J connectivity index is 2.19. The molecular formula is C17H16BrClO3. The third-order valence-corrected chi connectivity index (χ3v) is 4.02. The van der Waals surface area contributed by atoms with Crippen LogP contribution < -0.4 is 9.47 Å². The molecule has 0 saturated heterocycles. The summed E-state index contributed by atoms with van der Waals surface area (Å²) in [5, 5.41) is 0.504. The molecule has 3 nitrogen and oxygen atoms in total. The molecule has 0 amide bonds. The maximum absolute atomic E-state index is 11.5. The number of esters is 1. The fraction of sp³-hybridized carbons (Fsp3) is 0.235. The van der Waals surface area contributed by atoms with Crippen LogP contribution in [0, 0.1) is 6.92 Å². The molecule has 0 bridgehead atoms. The van der Waals surface area contributed by atoms with Gasteiger partial charge in [-0.25, -0.2) is 0 Å². The van der Waals surface area contributed by atoms with Crippen molar-refractivity contribution >= 4 is 33.5 Å². The molecule has 22 heavy (non-hydrogen) atoms. The molecule has 116 valence electrons. The SMILES string of the molecule is CCC(=O)Oc1cccc(Cl)c1COc1ccc(C)cc1Br. The molecule has 2 rings (SSSR count). The van der Waals surface area contributed by atoms with Crippen molar-refractivity contribution in [2.45, 2.75) is 26.9 Å².